The maximum Gasteiger partial charge on any atom is 0.251 e. The van der Waals surface area contributed by atoms with Crippen LogP contribution in [-0.4, -0.2) is 50.8 Å². The summed E-state index contributed by atoms with van der Waals surface area (Å²) in [7, 11) is 0. The summed E-state index contributed by atoms with van der Waals surface area (Å²) >= 11 is 0. The van der Waals surface area contributed by atoms with Crippen molar-refractivity contribution >= 4 is 18.3 Å². The molecule has 2 aliphatic rings. The molecule has 5 nitrogen and oxygen atoms in total. The van der Waals surface area contributed by atoms with Gasteiger partial charge in [-0.15, -0.1) is 12.4 Å². The molecule has 26 heavy (non-hydrogen) atoms. The van der Waals surface area contributed by atoms with Gasteiger partial charge in [0.15, 0.2) is 0 Å². The van der Waals surface area contributed by atoms with Crippen molar-refractivity contribution in [2.75, 3.05) is 32.8 Å². The lowest BCUT2D eigenvalue weighted by Crippen LogP contribution is -2.51. The lowest BCUT2D eigenvalue weighted by atomic mass is 9.94. The minimum atomic E-state index is -0.346. The third kappa shape index (κ3) is 5.39. The van der Waals surface area contributed by atoms with Gasteiger partial charge >= 0.3 is 0 Å². The van der Waals surface area contributed by atoms with Crippen LogP contribution in [0, 0.1) is 18.7 Å². The van der Waals surface area contributed by atoms with Gasteiger partial charge in [-0.05, 0) is 43.4 Å². The van der Waals surface area contributed by atoms with Crippen molar-refractivity contribution in [1.82, 2.24) is 16.0 Å². The van der Waals surface area contributed by atoms with Crippen LogP contribution in [0.15, 0.2) is 18.2 Å². The molecular weight excluding hydrogens is 357 g/mol. The third-order valence-corrected chi connectivity index (χ3v) is 5.29. The van der Waals surface area contributed by atoms with Crippen molar-refractivity contribution in [1.29, 1.82) is 0 Å². The Morgan fingerprint density at radius 1 is 1.35 bits per heavy atom. The average Bonchev–Trinajstić information content (AvgIpc) is 3.10. The molecular formula is C19H29ClFN3O2. The number of aryl methyl sites for hydroxylation is 1. The van der Waals surface area contributed by atoms with Crippen LogP contribution >= 0.6 is 12.4 Å². The lowest BCUT2D eigenvalue weighted by molar-refractivity contribution is 0.0526. The Bertz CT molecular complexity index is 596. The molecule has 1 amide bonds. The van der Waals surface area contributed by atoms with Crippen LogP contribution < -0.4 is 16.0 Å². The summed E-state index contributed by atoms with van der Waals surface area (Å²) < 4.78 is 19.1. The van der Waals surface area contributed by atoms with E-state index in [9.17, 15) is 9.18 Å². The molecule has 2 fully saturated rings. The van der Waals surface area contributed by atoms with Crippen molar-refractivity contribution in [2.24, 2.45) is 5.92 Å². The van der Waals surface area contributed by atoms with E-state index >= 15 is 0 Å². The monoisotopic (exact) mass is 385 g/mol. The molecule has 3 rings (SSSR count). The first-order valence-corrected chi connectivity index (χ1v) is 9.24. The highest BCUT2D eigenvalue weighted by Gasteiger charge is 2.34. The summed E-state index contributed by atoms with van der Waals surface area (Å²) in [6.45, 7) is 5.45. The molecule has 1 saturated heterocycles. The molecule has 0 bridgehead atoms. The molecule has 1 heterocycles. The van der Waals surface area contributed by atoms with Gasteiger partial charge in [-0.1, -0.05) is 12.5 Å². The van der Waals surface area contributed by atoms with Crippen LogP contribution in [0.25, 0.3) is 0 Å². The van der Waals surface area contributed by atoms with Crippen molar-refractivity contribution in [3.63, 3.8) is 0 Å². The summed E-state index contributed by atoms with van der Waals surface area (Å²) in [4.78, 5) is 12.1. The lowest BCUT2D eigenvalue weighted by Gasteiger charge is -2.33. The molecule has 0 radical (unpaired) electrons. The maximum atomic E-state index is 13.5. The Hall–Kier alpha value is -1.21. The van der Waals surface area contributed by atoms with Gasteiger partial charge in [-0.2, -0.15) is 0 Å². The highest BCUT2D eigenvalue weighted by molar-refractivity contribution is 5.94. The van der Waals surface area contributed by atoms with Crippen molar-refractivity contribution in [3.8, 4) is 0 Å². The topological polar surface area (TPSA) is 62.4 Å². The van der Waals surface area contributed by atoms with Crippen molar-refractivity contribution in [3.05, 3.63) is 35.1 Å². The summed E-state index contributed by atoms with van der Waals surface area (Å²) in [6, 6.07) is 5.47. The number of amides is 1. The molecule has 1 aliphatic carbocycles. The predicted octanol–water partition coefficient (Wildman–Crippen LogP) is 2.03. The first-order valence-electron chi connectivity index (χ1n) is 9.24. The standard InChI is InChI=1S/C19H28FN3O2.ClH/c1-13-5-6-14(11-16(13)20)19(24)23-8-7-21-17-4-2-3-15(17)18-12-25-10-9-22-18;/h5-6,11,15,17-18,21-22H,2-4,7-10,12H2,1H3,(H,23,24);1H. The molecule has 3 unspecified atom stereocenters. The molecule has 1 aromatic rings. The van der Waals surface area contributed by atoms with Gasteiger partial charge in [0.2, 0.25) is 0 Å². The molecule has 3 N–H and O–H groups in total. The number of carbonyl (C=O) groups is 1. The quantitative estimate of drug-likeness (QED) is 0.656. The van der Waals surface area contributed by atoms with Gasteiger partial charge in [-0.3, -0.25) is 4.79 Å². The number of carbonyl (C=O) groups excluding carboxylic acids is 1. The molecule has 0 aromatic heterocycles. The number of nitrogens with one attached hydrogen (secondary N) is 3. The predicted molar refractivity (Wildman–Crippen MR) is 102 cm³/mol. The van der Waals surface area contributed by atoms with E-state index in [4.69, 9.17) is 4.74 Å². The number of halogens is 2. The van der Waals surface area contributed by atoms with Gasteiger partial charge in [0, 0.05) is 37.3 Å². The Labute approximate surface area is 160 Å². The molecule has 0 spiro atoms. The van der Waals surface area contributed by atoms with E-state index in [1.165, 1.54) is 25.3 Å². The SMILES string of the molecule is Cc1ccc(C(=O)NCCNC2CCCC2C2COCCN2)cc1F.Cl. The summed E-state index contributed by atoms with van der Waals surface area (Å²) in [6.07, 6.45) is 3.61. The number of morpholine rings is 1. The fraction of sp³-hybridized carbons (Fsp3) is 0.632. The minimum absolute atomic E-state index is 0. The molecule has 1 aromatic carbocycles. The third-order valence-electron chi connectivity index (χ3n) is 5.29. The fourth-order valence-corrected chi connectivity index (χ4v) is 3.85. The van der Waals surface area contributed by atoms with E-state index in [2.05, 4.69) is 16.0 Å². The van der Waals surface area contributed by atoms with E-state index in [0.29, 0.717) is 35.7 Å². The van der Waals surface area contributed by atoms with E-state index in [0.717, 1.165) is 26.3 Å². The first kappa shape index (κ1) is 21.1. The normalized spacial score (nSPS) is 25.5. The van der Waals surface area contributed by atoms with Crippen molar-refractivity contribution < 1.29 is 13.9 Å². The van der Waals surface area contributed by atoms with Crippen LogP contribution in [0.5, 0.6) is 0 Å². The van der Waals surface area contributed by atoms with Gasteiger partial charge in [0.25, 0.3) is 5.91 Å². The Morgan fingerprint density at radius 2 is 2.19 bits per heavy atom. The Balaban J connectivity index is 0.00000243. The minimum Gasteiger partial charge on any atom is -0.379 e. The van der Waals surface area contributed by atoms with E-state index in [1.807, 2.05) is 0 Å². The Kier molecular flexibility index (Phi) is 8.28. The molecule has 1 aliphatic heterocycles. The van der Waals surface area contributed by atoms with Gasteiger partial charge in [-0.25, -0.2) is 4.39 Å². The second-order valence-corrected chi connectivity index (χ2v) is 7.01. The number of rotatable bonds is 6. The van der Waals surface area contributed by atoms with Crippen LogP contribution in [0.4, 0.5) is 4.39 Å². The van der Waals surface area contributed by atoms with E-state index in [-0.39, 0.29) is 24.1 Å². The smallest absolute Gasteiger partial charge is 0.251 e. The second kappa shape index (κ2) is 10.2. The van der Waals surface area contributed by atoms with Crippen LogP contribution in [0.1, 0.15) is 35.2 Å². The van der Waals surface area contributed by atoms with E-state index in [1.54, 1.807) is 19.1 Å². The van der Waals surface area contributed by atoms with Gasteiger partial charge in [0.1, 0.15) is 5.82 Å². The molecule has 146 valence electrons. The van der Waals surface area contributed by atoms with E-state index < -0.39 is 0 Å². The van der Waals surface area contributed by atoms with Crippen LogP contribution in [0.2, 0.25) is 0 Å². The van der Waals surface area contributed by atoms with Gasteiger partial charge < -0.3 is 20.7 Å². The maximum absolute atomic E-state index is 13.5. The summed E-state index contributed by atoms with van der Waals surface area (Å²) in [5.74, 6) is 0.00925. The Morgan fingerprint density at radius 3 is 2.92 bits per heavy atom. The van der Waals surface area contributed by atoms with Crippen LogP contribution in [0.3, 0.4) is 0 Å². The molecule has 1 saturated carbocycles. The van der Waals surface area contributed by atoms with Crippen molar-refractivity contribution in [2.45, 2.75) is 38.3 Å². The summed E-state index contributed by atoms with van der Waals surface area (Å²) in [5, 5.41) is 9.99. The largest absolute Gasteiger partial charge is 0.379 e. The zero-order chi connectivity index (χ0) is 17.6. The molecule has 7 heteroatoms. The fourth-order valence-electron chi connectivity index (χ4n) is 3.85. The highest BCUT2D eigenvalue weighted by Crippen LogP contribution is 2.29. The zero-order valence-corrected chi connectivity index (χ0v) is 16.0. The highest BCUT2D eigenvalue weighted by atomic mass is 35.5. The average molecular weight is 386 g/mol. The second-order valence-electron chi connectivity index (χ2n) is 7.01. The van der Waals surface area contributed by atoms with Crippen LogP contribution in [-0.2, 0) is 4.74 Å². The number of ether oxygens (including phenoxy) is 1. The summed E-state index contributed by atoms with van der Waals surface area (Å²) in [5.41, 5.74) is 0.913. The van der Waals surface area contributed by atoms with Gasteiger partial charge in [0.05, 0.1) is 13.2 Å². The first-order chi connectivity index (χ1) is 12.1. The number of benzene rings is 1. The number of hydrogen-bond donors (Lipinski definition) is 3. The molecule has 3 atom stereocenters. The zero-order valence-electron chi connectivity index (χ0n) is 15.2. The number of hydrogen-bond acceptors (Lipinski definition) is 4.